The highest BCUT2D eigenvalue weighted by Crippen LogP contribution is 2.13. The number of rotatable bonds is 3. The first kappa shape index (κ1) is 13.3. The Morgan fingerprint density at radius 3 is 2.74 bits per heavy atom. The molecule has 0 fully saturated rings. The van der Waals surface area contributed by atoms with Crippen molar-refractivity contribution in [2.75, 3.05) is 0 Å². The van der Waals surface area contributed by atoms with Gasteiger partial charge in [0, 0.05) is 4.47 Å². The summed E-state index contributed by atoms with van der Waals surface area (Å²) in [6.07, 6.45) is 0. The first-order chi connectivity index (χ1) is 9.19. The molecule has 0 bridgehead atoms. The Morgan fingerprint density at radius 1 is 1.21 bits per heavy atom. The first-order valence-corrected chi connectivity index (χ1v) is 6.40. The normalized spacial score (nSPS) is 9.68. The average molecular weight is 316 g/mol. The predicted molar refractivity (Wildman–Crippen MR) is 74.4 cm³/mol. The molecule has 0 saturated carbocycles. The van der Waals surface area contributed by atoms with E-state index in [4.69, 9.17) is 10.00 Å². The minimum absolute atomic E-state index is 0.203. The van der Waals surface area contributed by atoms with Gasteiger partial charge < -0.3 is 4.74 Å². The number of carbonyl (C=O) groups is 1. The van der Waals surface area contributed by atoms with Crippen molar-refractivity contribution < 1.29 is 9.53 Å². The summed E-state index contributed by atoms with van der Waals surface area (Å²) in [7, 11) is 0. The lowest BCUT2D eigenvalue weighted by atomic mass is 10.1. The first-order valence-electron chi connectivity index (χ1n) is 5.61. The minimum Gasteiger partial charge on any atom is -0.457 e. The smallest absolute Gasteiger partial charge is 0.338 e. The van der Waals surface area contributed by atoms with Crippen molar-refractivity contribution in [3.05, 3.63) is 69.7 Å². The summed E-state index contributed by atoms with van der Waals surface area (Å²) < 4.78 is 6.14. The quantitative estimate of drug-likeness (QED) is 0.812. The van der Waals surface area contributed by atoms with E-state index in [1.165, 1.54) is 6.07 Å². The Balaban J connectivity index is 2.03. The van der Waals surface area contributed by atoms with E-state index >= 15 is 0 Å². The molecule has 0 radical (unpaired) electrons. The van der Waals surface area contributed by atoms with Gasteiger partial charge in [-0.1, -0.05) is 34.1 Å². The predicted octanol–water partition coefficient (Wildman–Crippen LogP) is 3.68. The van der Waals surface area contributed by atoms with Crippen LogP contribution in [0.4, 0.5) is 0 Å². The summed E-state index contributed by atoms with van der Waals surface area (Å²) in [6.45, 7) is 0.203. The topological polar surface area (TPSA) is 50.1 Å². The van der Waals surface area contributed by atoms with Gasteiger partial charge in [0.2, 0.25) is 0 Å². The minimum atomic E-state index is -0.433. The summed E-state index contributed by atoms with van der Waals surface area (Å²) in [5.74, 6) is -0.433. The molecule has 0 aliphatic heterocycles. The Kier molecular flexibility index (Phi) is 4.32. The van der Waals surface area contributed by atoms with E-state index in [-0.39, 0.29) is 6.61 Å². The molecule has 2 aromatic carbocycles. The lowest BCUT2D eigenvalue weighted by Crippen LogP contribution is -2.05. The van der Waals surface area contributed by atoms with Crippen molar-refractivity contribution in [3.63, 3.8) is 0 Å². The Morgan fingerprint density at radius 2 is 2.00 bits per heavy atom. The molecule has 2 rings (SSSR count). The maximum atomic E-state index is 11.8. The van der Waals surface area contributed by atoms with E-state index in [1.807, 2.05) is 30.3 Å². The van der Waals surface area contributed by atoms with Crippen LogP contribution >= 0.6 is 15.9 Å². The maximum absolute atomic E-state index is 11.8. The zero-order valence-electron chi connectivity index (χ0n) is 9.97. The van der Waals surface area contributed by atoms with Gasteiger partial charge in [0.05, 0.1) is 17.2 Å². The van der Waals surface area contributed by atoms with Crippen LogP contribution in [0.25, 0.3) is 0 Å². The van der Waals surface area contributed by atoms with Crippen molar-refractivity contribution in [1.29, 1.82) is 5.26 Å². The monoisotopic (exact) mass is 315 g/mol. The standard InChI is InChI=1S/C15H10BrNO2/c16-14-6-2-4-12(8-14)10-19-15(18)13-5-1-3-11(7-13)9-17/h1-8H,10H2. The molecular weight excluding hydrogens is 306 g/mol. The van der Waals surface area contributed by atoms with Crippen molar-refractivity contribution >= 4 is 21.9 Å². The fourth-order valence-corrected chi connectivity index (χ4v) is 2.02. The fraction of sp³-hybridized carbons (Fsp3) is 0.0667. The third kappa shape index (κ3) is 3.67. The molecule has 3 nitrogen and oxygen atoms in total. The molecule has 0 saturated heterocycles. The third-order valence-corrected chi connectivity index (χ3v) is 2.98. The highest BCUT2D eigenvalue weighted by molar-refractivity contribution is 9.10. The van der Waals surface area contributed by atoms with Gasteiger partial charge in [0.1, 0.15) is 6.61 Å². The molecule has 0 spiro atoms. The zero-order valence-corrected chi connectivity index (χ0v) is 11.6. The second-order valence-corrected chi connectivity index (χ2v) is 4.81. The molecule has 0 heterocycles. The van der Waals surface area contributed by atoms with Gasteiger partial charge in [-0.15, -0.1) is 0 Å². The van der Waals surface area contributed by atoms with E-state index < -0.39 is 5.97 Å². The Bertz CT molecular complexity index is 647. The van der Waals surface area contributed by atoms with Gasteiger partial charge in [-0.25, -0.2) is 4.79 Å². The fourth-order valence-electron chi connectivity index (χ4n) is 1.57. The molecule has 0 unspecified atom stereocenters. The highest BCUT2D eigenvalue weighted by Gasteiger charge is 2.08. The van der Waals surface area contributed by atoms with Gasteiger partial charge in [0.15, 0.2) is 0 Å². The van der Waals surface area contributed by atoms with Crippen LogP contribution in [0.3, 0.4) is 0 Å². The highest BCUT2D eigenvalue weighted by atomic mass is 79.9. The lowest BCUT2D eigenvalue weighted by molar-refractivity contribution is 0.0472. The van der Waals surface area contributed by atoms with Crippen molar-refractivity contribution in [2.24, 2.45) is 0 Å². The lowest BCUT2D eigenvalue weighted by Gasteiger charge is -2.05. The Hall–Kier alpha value is -2.12. The number of nitriles is 1. The number of halogens is 1. The molecule has 0 atom stereocenters. The van der Waals surface area contributed by atoms with E-state index in [0.717, 1.165) is 10.0 Å². The van der Waals surface area contributed by atoms with E-state index in [1.54, 1.807) is 18.2 Å². The molecular formula is C15H10BrNO2. The zero-order chi connectivity index (χ0) is 13.7. The Labute approximate surface area is 119 Å². The number of esters is 1. The largest absolute Gasteiger partial charge is 0.457 e. The molecule has 19 heavy (non-hydrogen) atoms. The molecule has 0 aliphatic carbocycles. The molecule has 4 heteroatoms. The van der Waals surface area contributed by atoms with Gasteiger partial charge in [-0.2, -0.15) is 5.26 Å². The number of hydrogen-bond donors (Lipinski definition) is 0. The van der Waals surface area contributed by atoms with Crippen LogP contribution in [-0.4, -0.2) is 5.97 Å². The summed E-state index contributed by atoms with van der Waals surface area (Å²) >= 11 is 3.36. The molecule has 0 aromatic heterocycles. The molecule has 0 N–H and O–H groups in total. The van der Waals surface area contributed by atoms with Gasteiger partial charge >= 0.3 is 5.97 Å². The molecule has 0 amide bonds. The van der Waals surface area contributed by atoms with Gasteiger partial charge in [0.25, 0.3) is 0 Å². The van der Waals surface area contributed by atoms with Gasteiger partial charge in [-0.05, 0) is 35.9 Å². The van der Waals surface area contributed by atoms with Crippen LogP contribution in [-0.2, 0) is 11.3 Å². The van der Waals surface area contributed by atoms with Crippen LogP contribution in [0.5, 0.6) is 0 Å². The second-order valence-electron chi connectivity index (χ2n) is 3.90. The average Bonchev–Trinajstić information content (AvgIpc) is 2.45. The van der Waals surface area contributed by atoms with Crippen LogP contribution in [0.15, 0.2) is 53.0 Å². The van der Waals surface area contributed by atoms with Crippen molar-refractivity contribution in [3.8, 4) is 6.07 Å². The third-order valence-electron chi connectivity index (χ3n) is 2.49. The van der Waals surface area contributed by atoms with E-state index in [0.29, 0.717) is 11.1 Å². The summed E-state index contributed by atoms with van der Waals surface area (Å²) in [6, 6.07) is 16.0. The van der Waals surface area contributed by atoms with Crippen LogP contribution in [0, 0.1) is 11.3 Å². The van der Waals surface area contributed by atoms with E-state index in [9.17, 15) is 4.79 Å². The van der Waals surface area contributed by atoms with Crippen LogP contribution < -0.4 is 0 Å². The number of ether oxygens (including phenoxy) is 1. The molecule has 2 aromatic rings. The molecule has 94 valence electrons. The maximum Gasteiger partial charge on any atom is 0.338 e. The van der Waals surface area contributed by atoms with Gasteiger partial charge in [-0.3, -0.25) is 0 Å². The second kappa shape index (κ2) is 6.17. The van der Waals surface area contributed by atoms with Crippen LogP contribution in [0.2, 0.25) is 0 Å². The number of hydrogen-bond acceptors (Lipinski definition) is 3. The molecule has 0 aliphatic rings. The number of benzene rings is 2. The summed E-state index contributed by atoms with van der Waals surface area (Å²) in [5, 5.41) is 8.77. The summed E-state index contributed by atoms with van der Waals surface area (Å²) in [4.78, 5) is 11.8. The summed E-state index contributed by atoms with van der Waals surface area (Å²) in [5.41, 5.74) is 1.73. The van der Waals surface area contributed by atoms with Crippen molar-refractivity contribution in [2.45, 2.75) is 6.61 Å². The van der Waals surface area contributed by atoms with E-state index in [2.05, 4.69) is 15.9 Å². The van der Waals surface area contributed by atoms with Crippen LogP contribution in [0.1, 0.15) is 21.5 Å². The van der Waals surface area contributed by atoms with Crippen molar-refractivity contribution in [1.82, 2.24) is 0 Å². The number of carbonyl (C=O) groups excluding carboxylic acids is 1. The number of nitrogens with zero attached hydrogens (tertiary/aromatic N) is 1. The SMILES string of the molecule is N#Cc1cccc(C(=O)OCc2cccc(Br)c2)c1.